The minimum atomic E-state index is -3.84. The number of carbonyl (C=O) groups is 3. The predicted molar refractivity (Wildman–Crippen MR) is 184 cm³/mol. The molecule has 1 aromatic heterocycles. The third-order valence-electron chi connectivity index (χ3n) is 9.78. The Morgan fingerprint density at radius 3 is 2.69 bits per heavy atom. The van der Waals surface area contributed by atoms with Gasteiger partial charge in [0.2, 0.25) is 15.9 Å². The van der Waals surface area contributed by atoms with Crippen molar-refractivity contribution in [3.8, 4) is 17.0 Å². The summed E-state index contributed by atoms with van der Waals surface area (Å²) in [5.41, 5.74) is 0.649. The third-order valence-corrected chi connectivity index (χ3v) is 11.9. The first kappa shape index (κ1) is 33.5. The van der Waals surface area contributed by atoms with Crippen LogP contribution in [0.15, 0.2) is 66.7 Å². The lowest BCUT2D eigenvalue weighted by atomic mass is 10.1. The molecule has 2 N–H and O–H groups in total. The van der Waals surface area contributed by atoms with Gasteiger partial charge in [0.25, 0.3) is 11.8 Å². The van der Waals surface area contributed by atoms with Gasteiger partial charge in [0.1, 0.15) is 29.5 Å². The summed E-state index contributed by atoms with van der Waals surface area (Å²) in [6, 6.07) is 15.9. The number of hydrogen-bond acceptors (Lipinski definition) is 8. The number of nitrogens with zero attached hydrogens (tertiary/aromatic N) is 2. The summed E-state index contributed by atoms with van der Waals surface area (Å²) in [6.07, 6.45) is 6.06. The maximum absolute atomic E-state index is 14.2. The second-order valence-electron chi connectivity index (χ2n) is 13.4. The molecule has 0 spiro atoms. The van der Waals surface area contributed by atoms with Crippen molar-refractivity contribution >= 4 is 50.2 Å². The Hall–Kier alpha value is -4.00. The van der Waals surface area contributed by atoms with E-state index in [0.29, 0.717) is 46.8 Å². The molecule has 5 atom stereocenters. The van der Waals surface area contributed by atoms with E-state index in [1.807, 2.05) is 60.7 Å². The quantitative estimate of drug-likeness (QED) is 0.356. The molecule has 1 saturated heterocycles. The van der Waals surface area contributed by atoms with E-state index in [1.54, 1.807) is 13.0 Å². The second-order valence-corrected chi connectivity index (χ2v) is 15.7. The molecule has 2 saturated carbocycles. The summed E-state index contributed by atoms with van der Waals surface area (Å²) in [5.74, 6) is -1.54. The van der Waals surface area contributed by atoms with Crippen LogP contribution < -0.4 is 14.8 Å². The SMILES string of the molecule is CC1OCCCCC=CC2CC2(C(=O)NS(=O)(=O)C2CC2)NC(=O)C2CC(Oc3cc(-c4ccccc4)nc4c(Cl)cccc34)CN2C1=O. The zero-order chi connectivity index (χ0) is 34.3. The Kier molecular flexibility index (Phi) is 9.14. The van der Waals surface area contributed by atoms with Gasteiger partial charge in [-0.05, 0) is 57.6 Å². The van der Waals surface area contributed by atoms with E-state index < -0.39 is 50.9 Å². The van der Waals surface area contributed by atoms with Crippen molar-refractivity contribution < 1.29 is 32.3 Å². The summed E-state index contributed by atoms with van der Waals surface area (Å²) >= 11 is 6.59. The van der Waals surface area contributed by atoms with Crippen LogP contribution in [0.5, 0.6) is 5.75 Å². The lowest BCUT2D eigenvalue weighted by molar-refractivity contribution is -0.147. The topological polar surface area (TPSA) is 144 Å². The van der Waals surface area contributed by atoms with Crippen molar-refractivity contribution in [1.29, 1.82) is 0 Å². The van der Waals surface area contributed by atoms with E-state index in [1.165, 1.54) is 4.90 Å². The number of fused-ring (bicyclic) bond motifs is 3. The molecule has 3 fully saturated rings. The fourth-order valence-electron chi connectivity index (χ4n) is 6.75. The van der Waals surface area contributed by atoms with Crippen LogP contribution in [0.3, 0.4) is 0 Å². The summed E-state index contributed by atoms with van der Waals surface area (Å²) in [6.45, 7) is 2.14. The van der Waals surface area contributed by atoms with Crippen LogP contribution in [-0.2, 0) is 29.1 Å². The number of rotatable bonds is 6. The Balaban J connectivity index is 1.19. The molecule has 4 aliphatic rings. The highest BCUT2D eigenvalue weighted by Crippen LogP contribution is 2.46. The zero-order valence-corrected chi connectivity index (χ0v) is 28.7. The van der Waals surface area contributed by atoms with Gasteiger partial charge >= 0.3 is 0 Å². The van der Waals surface area contributed by atoms with E-state index in [-0.39, 0.29) is 31.2 Å². The number of allylic oxidation sites excluding steroid dienone is 1. The molecule has 3 heterocycles. The number of halogens is 1. The third kappa shape index (κ3) is 6.91. The number of amides is 3. The van der Waals surface area contributed by atoms with Crippen LogP contribution in [-0.4, -0.2) is 78.2 Å². The number of para-hydroxylation sites is 1. The molecular weight excluding hydrogens is 668 g/mol. The number of hydrogen-bond donors (Lipinski definition) is 2. The molecular formula is C36H39ClN4O7S. The number of benzene rings is 2. The Bertz CT molecular complexity index is 1920. The Morgan fingerprint density at radius 2 is 1.92 bits per heavy atom. The highest BCUT2D eigenvalue weighted by atomic mass is 35.5. The van der Waals surface area contributed by atoms with Crippen LogP contribution in [0, 0.1) is 5.92 Å². The molecule has 3 amide bonds. The van der Waals surface area contributed by atoms with Crippen LogP contribution in [0.2, 0.25) is 5.02 Å². The molecule has 2 aliphatic heterocycles. The van der Waals surface area contributed by atoms with Crippen LogP contribution in [0.25, 0.3) is 22.2 Å². The molecule has 11 nitrogen and oxygen atoms in total. The Morgan fingerprint density at radius 1 is 1.12 bits per heavy atom. The van der Waals surface area contributed by atoms with Crippen LogP contribution in [0.4, 0.5) is 0 Å². The maximum Gasteiger partial charge on any atom is 0.259 e. The van der Waals surface area contributed by atoms with Gasteiger partial charge in [-0.15, -0.1) is 0 Å². The summed E-state index contributed by atoms with van der Waals surface area (Å²) in [5, 5.41) is 3.44. The largest absolute Gasteiger partial charge is 0.488 e. The number of carbonyl (C=O) groups excluding carboxylic acids is 3. The molecule has 0 radical (unpaired) electrons. The monoisotopic (exact) mass is 706 g/mol. The number of aromatic nitrogens is 1. The molecule has 258 valence electrons. The summed E-state index contributed by atoms with van der Waals surface area (Å²) < 4.78 is 40.2. The average molecular weight is 707 g/mol. The highest BCUT2D eigenvalue weighted by molar-refractivity contribution is 7.91. The van der Waals surface area contributed by atoms with Crippen molar-refractivity contribution in [2.24, 2.45) is 5.92 Å². The molecule has 0 bridgehead atoms. The maximum atomic E-state index is 14.2. The lowest BCUT2D eigenvalue weighted by Gasteiger charge is -2.28. The van der Waals surface area contributed by atoms with Crippen molar-refractivity contribution in [3.05, 3.63) is 71.8 Å². The summed E-state index contributed by atoms with van der Waals surface area (Å²) in [7, 11) is -3.84. The van der Waals surface area contributed by atoms with Gasteiger partial charge in [-0.3, -0.25) is 19.1 Å². The van der Waals surface area contributed by atoms with Crippen LogP contribution >= 0.6 is 11.6 Å². The first-order valence-electron chi connectivity index (χ1n) is 16.8. The second kappa shape index (κ2) is 13.4. The minimum absolute atomic E-state index is 0.0915. The predicted octanol–water partition coefficient (Wildman–Crippen LogP) is 4.53. The number of nitrogens with one attached hydrogen (secondary N) is 2. The van der Waals surface area contributed by atoms with E-state index >= 15 is 0 Å². The van der Waals surface area contributed by atoms with Gasteiger partial charge in [0.15, 0.2) is 0 Å². The van der Waals surface area contributed by atoms with Crippen molar-refractivity contribution in [2.75, 3.05) is 13.2 Å². The fourth-order valence-corrected chi connectivity index (χ4v) is 8.33. The normalized spacial score (nSPS) is 27.8. The van der Waals surface area contributed by atoms with Crippen molar-refractivity contribution in [1.82, 2.24) is 19.9 Å². The lowest BCUT2D eigenvalue weighted by Crippen LogP contribution is -2.57. The van der Waals surface area contributed by atoms with Crippen LogP contribution in [0.1, 0.15) is 51.9 Å². The van der Waals surface area contributed by atoms with Gasteiger partial charge in [0, 0.05) is 36.0 Å². The smallest absolute Gasteiger partial charge is 0.259 e. The summed E-state index contributed by atoms with van der Waals surface area (Å²) in [4.78, 5) is 47.8. The average Bonchev–Trinajstić information content (AvgIpc) is 4.01. The molecule has 13 heteroatoms. The zero-order valence-electron chi connectivity index (χ0n) is 27.1. The van der Waals surface area contributed by atoms with Gasteiger partial charge in [-0.1, -0.05) is 60.2 Å². The van der Waals surface area contributed by atoms with Gasteiger partial charge in [-0.2, -0.15) is 0 Å². The minimum Gasteiger partial charge on any atom is -0.488 e. The molecule has 2 aromatic carbocycles. The van der Waals surface area contributed by atoms with E-state index in [2.05, 4.69) is 10.0 Å². The highest BCUT2D eigenvalue weighted by Gasteiger charge is 2.62. The van der Waals surface area contributed by atoms with E-state index in [0.717, 1.165) is 24.8 Å². The Labute approximate surface area is 290 Å². The van der Waals surface area contributed by atoms with Crippen molar-refractivity contribution in [2.45, 2.75) is 80.9 Å². The standard InChI is InChI=1S/C36H39ClN4O7S/c1-22-34(43)41-21-25(48-31-19-29(23-10-5-4-6-11-23)38-32-27(31)13-9-14-28(32)37)18-30(41)33(42)39-36(35(44)40-49(45,46)26-15-16-26)20-24(36)12-7-2-3-8-17-47-22/h4-7,9-14,19,22,24-26,30H,2-3,8,15-18,20-21H2,1H3,(H,39,42)(H,40,44). The first-order valence-corrected chi connectivity index (χ1v) is 18.8. The first-order chi connectivity index (χ1) is 23.6. The van der Waals surface area contributed by atoms with Crippen molar-refractivity contribution in [3.63, 3.8) is 0 Å². The van der Waals surface area contributed by atoms with E-state index in [9.17, 15) is 22.8 Å². The number of sulfonamides is 1. The molecule has 49 heavy (non-hydrogen) atoms. The fraction of sp³-hybridized carbons (Fsp3) is 0.444. The molecule has 3 aromatic rings. The van der Waals surface area contributed by atoms with E-state index in [4.69, 9.17) is 26.1 Å². The van der Waals surface area contributed by atoms with Gasteiger partial charge in [0.05, 0.1) is 28.0 Å². The number of ether oxygens (including phenoxy) is 2. The van der Waals surface area contributed by atoms with Gasteiger partial charge in [-0.25, -0.2) is 13.4 Å². The number of pyridine rings is 1. The van der Waals surface area contributed by atoms with Gasteiger partial charge < -0.3 is 19.7 Å². The molecule has 7 rings (SSSR count). The molecule has 5 unspecified atom stereocenters. The molecule has 2 aliphatic carbocycles.